The summed E-state index contributed by atoms with van der Waals surface area (Å²) in [5.41, 5.74) is 0.673. The number of nitrogens with zero attached hydrogens (tertiary/aromatic N) is 2. The normalized spacial score (nSPS) is 18.0. The molecule has 0 radical (unpaired) electrons. The molecule has 1 aromatic carbocycles. The smallest absolute Gasteiger partial charge is 0.191 e. The van der Waals surface area contributed by atoms with Crippen LogP contribution in [0.25, 0.3) is 0 Å². The molecule has 0 amide bonds. The first-order valence-corrected chi connectivity index (χ1v) is 10.9. The minimum atomic E-state index is -2.97. The van der Waals surface area contributed by atoms with E-state index in [-0.39, 0.29) is 53.8 Å². The van der Waals surface area contributed by atoms with Gasteiger partial charge in [-0.3, -0.25) is 4.98 Å². The van der Waals surface area contributed by atoms with Gasteiger partial charge in [0, 0.05) is 18.8 Å². The van der Waals surface area contributed by atoms with E-state index in [1.165, 1.54) is 12.3 Å². The standard InChI is InChI=1S/C19H23FN4O3S.HI/c1-2-22-19(24-15-7-9-28(25,26)13-15)23-11-14-5-6-18(17(20)10-14)27-16-4-3-8-21-12-16;/h3-6,8,10,12,15H,2,7,9,11,13H2,1H3,(H2,22,23,24);1H. The van der Waals surface area contributed by atoms with Gasteiger partial charge in [0.05, 0.1) is 24.2 Å². The van der Waals surface area contributed by atoms with Crippen molar-refractivity contribution in [1.29, 1.82) is 0 Å². The molecule has 1 unspecified atom stereocenters. The number of ether oxygens (including phenoxy) is 1. The van der Waals surface area contributed by atoms with Crippen LogP contribution < -0.4 is 15.4 Å². The Morgan fingerprint density at radius 3 is 2.83 bits per heavy atom. The summed E-state index contributed by atoms with van der Waals surface area (Å²) in [5.74, 6) is 0.886. The minimum Gasteiger partial charge on any atom is -0.453 e. The highest BCUT2D eigenvalue weighted by Crippen LogP contribution is 2.24. The van der Waals surface area contributed by atoms with Gasteiger partial charge in [-0.2, -0.15) is 0 Å². The summed E-state index contributed by atoms with van der Waals surface area (Å²) >= 11 is 0. The number of sulfone groups is 1. The molecule has 0 aliphatic carbocycles. The van der Waals surface area contributed by atoms with Gasteiger partial charge in [-0.15, -0.1) is 24.0 Å². The molecule has 0 spiro atoms. The molecular weight excluding hydrogens is 510 g/mol. The third-order valence-corrected chi connectivity index (χ3v) is 5.96. The van der Waals surface area contributed by atoms with Crippen molar-refractivity contribution in [2.75, 3.05) is 18.1 Å². The molecule has 2 aromatic rings. The monoisotopic (exact) mass is 534 g/mol. The van der Waals surface area contributed by atoms with Crippen molar-refractivity contribution in [3.8, 4) is 11.5 Å². The number of pyridine rings is 1. The number of halogens is 2. The molecule has 158 valence electrons. The fraction of sp³-hybridized carbons (Fsp3) is 0.368. The van der Waals surface area contributed by atoms with Crippen LogP contribution in [-0.4, -0.2) is 43.5 Å². The molecule has 1 aromatic heterocycles. The fourth-order valence-electron chi connectivity index (χ4n) is 2.85. The van der Waals surface area contributed by atoms with Gasteiger partial charge in [0.1, 0.15) is 5.75 Å². The second-order valence-electron chi connectivity index (χ2n) is 6.50. The average molecular weight is 534 g/mol. The van der Waals surface area contributed by atoms with Crippen LogP contribution in [0.5, 0.6) is 11.5 Å². The van der Waals surface area contributed by atoms with E-state index in [9.17, 15) is 12.8 Å². The maximum atomic E-state index is 14.3. The molecule has 2 N–H and O–H groups in total. The number of hydrogen-bond donors (Lipinski definition) is 2. The summed E-state index contributed by atoms with van der Waals surface area (Å²) in [6.07, 6.45) is 3.68. The van der Waals surface area contributed by atoms with Crippen molar-refractivity contribution in [1.82, 2.24) is 15.6 Å². The first-order chi connectivity index (χ1) is 13.4. The van der Waals surface area contributed by atoms with Crippen molar-refractivity contribution >= 4 is 39.8 Å². The average Bonchev–Trinajstić information content (AvgIpc) is 3.01. The molecule has 0 bridgehead atoms. The van der Waals surface area contributed by atoms with Gasteiger partial charge >= 0.3 is 0 Å². The molecule has 3 rings (SSSR count). The Kier molecular flexibility index (Phi) is 8.62. The summed E-state index contributed by atoms with van der Waals surface area (Å²) in [6.45, 7) is 2.81. The SMILES string of the molecule is CCNC(=NCc1ccc(Oc2cccnc2)c(F)c1)NC1CCS(=O)(=O)C1.I. The molecule has 0 saturated carbocycles. The topological polar surface area (TPSA) is 92.7 Å². The molecule has 10 heteroatoms. The predicted octanol–water partition coefficient (Wildman–Crippen LogP) is 2.87. The van der Waals surface area contributed by atoms with Crippen LogP contribution in [0.15, 0.2) is 47.7 Å². The molecule has 7 nitrogen and oxygen atoms in total. The molecule has 2 heterocycles. The predicted molar refractivity (Wildman–Crippen MR) is 121 cm³/mol. The summed E-state index contributed by atoms with van der Waals surface area (Å²) < 4.78 is 43.0. The zero-order valence-electron chi connectivity index (χ0n) is 16.0. The summed E-state index contributed by atoms with van der Waals surface area (Å²) in [7, 11) is -2.97. The number of benzene rings is 1. The lowest BCUT2D eigenvalue weighted by Gasteiger charge is -2.16. The molecule has 29 heavy (non-hydrogen) atoms. The van der Waals surface area contributed by atoms with Gasteiger partial charge in [0.25, 0.3) is 0 Å². The Morgan fingerprint density at radius 2 is 2.21 bits per heavy atom. The highest BCUT2D eigenvalue weighted by Gasteiger charge is 2.28. The summed E-state index contributed by atoms with van der Waals surface area (Å²) in [6, 6.07) is 7.91. The largest absolute Gasteiger partial charge is 0.453 e. The van der Waals surface area contributed by atoms with Crippen LogP contribution in [0.4, 0.5) is 4.39 Å². The second kappa shape index (κ2) is 10.7. The van der Waals surface area contributed by atoms with Gasteiger partial charge in [0.15, 0.2) is 27.4 Å². The Labute approximate surface area is 187 Å². The van der Waals surface area contributed by atoms with Crippen LogP contribution >= 0.6 is 24.0 Å². The molecule has 1 fully saturated rings. The molecule has 1 saturated heterocycles. The van der Waals surface area contributed by atoms with E-state index >= 15 is 0 Å². The zero-order chi connectivity index (χ0) is 20.0. The molecule has 1 aliphatic rings. The number of guanidine groups is 1. The van der Waals surface area contributed by atoms with Crippen molar-refractivity contribution in [3.63, 3.8) is 0 Å². The quantitative estimate of drug-likeness (QED) is 0.337. The van der Waals surface area contributed by atoms with Gasteiger partial charge in [0.2, 0.25) is 0 Å². The van der Waals surface area contributed by atoms with E-state index in [4.69, 9.17) is 4.74 Å². The van der Waals surface area contributed by atoms with Gasteiger partial charge in [-0.05, 0) is 43.2 Å². The lowest BCUT2D eigenvalue weighted by atomic mass is 10.2. The third kappa shape index (κ3) is 7.11. The van der Waals surface area contributed by atoms with E-state index < -0.39 is 15.7 Å². The highest BCUT2D eigenvalue weighted by atomic mass is 127. The van der Waals surface area contributed by atoms with Crippen LogP contribution in [0.3, 0.4) is 0 Å². The first kappa shape index (κ1) is 23.3. The Morgan fingerprint density at radius 1 is 1.38 bits per heavy atom. The van der Waals surface area contributed by atoms with Crippen LogP contribution in [0.1, 0.15) is 18.9 Å². The highest BCUT2D eigenvalue weighted by molar-refractivity contribution is 14.0. The van der Waals surface area contributed by atoms with Gasteiger partial charge in [-0.1, -0.05) is 6.07 Å². The van der Waals surface area contributed by atoms with E-state index in [1.807, 2.05) is 6.92 Å². The van der Waals surface area contributed by atoms with E-state index in [1.54, 1.807) is 30.5 Å². The molecule has 1 aliphatic heterocycles. The van der Waals surface area contributed by atoms with Crippen LogP contribution in [0.2, 0.25) is 0 Å². The van der Waals surface area contributed by atoms with Gasteiger partial charge in [-0.25, -0.2) is 17.8 Å². The first-order valence-electron chi connectivity index (χ1n) is 9.07. The van der Waals surface area contributed by atoms with Crippen LogP contribution in [0, 0.1) is 5.82 Å². The summed E-state index contributed by atoms with van der Waals surface area (Å²) in [5, 5.41) is 6.22. The summed E-state index contributed by atoms with van der Waals surface area (Å²) in [4.78, 5) is 8.36. The number of nitrogens with one attached hydrogen (secondary N) is 2. The van der Waals surface area contributed by atoms with Crippen molar-refractivity contribution in [2.24, 2.45) is 4.99 Å². The second-order valence-corrected chi connectivity index (χ2v) is 8.72. The van der Waals surface area contributed by atoms with Gasteiger partial charge < -0.3 is 15.4 Å². The fourth-order valence-corrected chi connectivity index (χ4v) is 4.53. The zero-order valence-corrected chi connectivity index (χ0v) is 19.1. The number of aliphatic imine (C=N–C) groups is 1. The lowest BCUT2D eigenvalue weighted by Crippen LogP contribution is -2.44. The Balaban J connectivity index is 0.00000300. The third-order valence-electron chi connectivity index (χ3n) is 4.20. The maximum absolute atomic E-state index is 14.3. The van der Waals surface area contributed by atoms with Crippen LogP contribution in [-0.2, 0) is 16.4 Å². The van der Waals surface area contributed by atoms with Crippen molar-refractivity contribution < 1.29 is 17.5 Å². The molecular formula is C19H24FIN4O3S. The minimum absolute atomic E-state index is 0. The Hall–Kier alpha value is -1.95. The van der Waals surface area contributed by atoms with Crippen molar-refractivity contribution in [2.45, 2.75) is 25.9 Å². The number of hydrogen-bond acceptors (Lipinski definition) is 5. The van der Waals surface area contributed by atoms with Crippen molar-refractivity contribution in [3.05, 3.63) is 54.1 Å². The van der Waals surface area contributed by atoms with E-state index in [0.29, 0.717) is 30.2 Å². The number of aromatic nitrogens is 1. The maximum Gasteiger partial charge on any atom is 0.191 e. The Bertz CT molecular complexity index is 942. The van der Waals surface area contributed by atoms with E-state index in [2.05, 4.69) is 20.6 Å². The van der Waals surface area contributed by atoms with E-state index in [0.717, 1.165) is 0 Å². The molecule has 1 atom stereocenters. The number of rotatable bonds is 6. The lowest BCUT2D eigenvalue weighted by molar-refractivity contribution is 0.440.